The third kappa shape index (κ3) is 5.51. The van der Waals surface area contributed by atoms with Crippen molar-refractivity contribution in [1.29, 1.82) is 0 Å². The lowest BCUT2D eigenvalue weighted by Gasteiger charge is -2.08. The summed E-state index contributed by atoms with van der Waals surface area (Å²) in [5, 5.41) is 10.4. The van der Waals surface area contributed by atoms with Gasteiger partial charge in [0.25, 0.3) is 0 Å². The first-order valence-corrected chi connectivity index (χ1v) is 8.17. The molecule has 0 spiro atoms. The predicted molar refractivity (Wildman–Crippen MR) is 83.3 cm³/mol. The first-order chi connectivity index (χ1) is 10.4. The fraction of sp³-hybridized carbons (Fsp3) is 0.143. The summed E-state index contributed by atoms with van der Waals surface area (Å²) in [6.45, 7) is 0.326. The van der Waals surface area contributed by atoms with E-state index in [2.05, 4.69) is 15.6 Å². The van der Waals surface area contributed by atoms with Crippen molar-refractivity contribution in [1.82, 2.24) is 10.3 Å². The summed E-state index contributed by atoms with van der Waals surface area (Å²) in [5.74, 6) is -0.205. The molecule has 7 nitrogen and oxygen atoms in total. The number of carbonyl (C=O) groups is 1. The van der Waals surface area contributed by atoms with Gasteiger partial charge in [-0.3, -0.25) is 4.98 Å². The third-order valence-electron chi connectivity index (χ3n) is 2.78. The van der Waals surface area contributed by atoms with Crippen molar-refractivity contribution in [2.24, 2.45) is 5.14 Å². The lowest BCUT2D eigenvalue weighted by Crippen LogP contribution is -2.28. The van der Waals surface area contributed by atoms with E-state index in [-0.39, 0.29) is 11.8 Å². The zero-order valence-electron chi connectivity index (χ0n) is 11.7. The molecule has 0 radical (unpaired) electrons. The average molecular weight is 320 g/mol. The van der Waals surface area contributed by atoms with E-state index in [1.54, 1.807) is 48.8 Å². The van der Waals surface area contributed by atoms with Crippen LogP contribution in [0.1, 0.15) is 11.1 Å². The normalized spacial score (nSPS) is 11.0. The number of hydrogen-bond donors (Lipinski definition) is 3. The van der Waals surface area contributed by atoms with Gasteiger partial charge < -0.3 is 10.6 Å². The van der Waals surface area contributed by atoms with Crippen LogP contribution in [-0.4, -0.2) is 19.4 Å². The number of amides is 2. The number of sulfonamides is 1. The van der Waals surface area contributed by atoms with Gasteiger partial charge in [0.1, 0.15) is 0 Å². The summed E-state index contributed by atoms with van der Waals surface area (Å²) in [6, 6.07) is 9.86. The molecule has 0 fully saturated rings. The molecule has 1 heterocycles. The molecule has 0 aliphatic heterocycles. The minimum Gasteiger partial charge on any atom is -0.334 e. The highest BCUT2D eigenvalue weighted by atomic mass is 32.2. The van der Waals surface area contributed by atoms with E-state index in [1.807, 2.05) is 0 Å². The van der Waals surface area contributed by atoms with E-state index in [4.69, 9.17) is 5.14 Å². The standard InChI is InChI=1S/C14H16N4O3S/c15-22(20,21)10-12-3-1-11(2-4-12)9-17-14(19)18-13-5-7-16-8-6-13/h1-8H,9-10H2,(H2,15,20,21)(H2,16,17,18,19). The number of primary sulfonamides is 1. The third-order valence-corrected chi connectivity index (χ3v) is 3.52. The van der Waals surface area contributed by atoms with Crippen LogP contribution in [-0.2, 0) is 22.3 Å². The molecule has 2 aromatic rings. The maximum Gasteiger partial charge on any atom is 0.319 e. The Labute approximate surface area is 128 Å². The Morgan fingerprint density at radius 3 is 2.23 bits per heavy atom. The van der Waals surface area contributed by atoms with Crippen LogP contribution in [0.25, 0.3) is 0 Å². The maximum absolute atomic E-state index is 11.7. The quantitative estimate of drug-likeness (QED) is 0.767. The Kier molecular flexibility index (Phi) is 5.08. The highest BCUT2D eigenvalue weighted by Crippen LogP contribution is 2.07. The molecule has 1 aromatic heterocycles. The average Bonchev–Trinajstić information content (AvgIpc) is 2.46. The number of nitrogens with two attached hydrogens (primary N) is 1. The number of hydrogen-bond acceptors (Lipinski definition) is 4. The molecule has 0 bridgehead atoms. The molecule has 1 aromatic carbocycles. The van der Waals surface area contributed by atoms with Crippen molar-refractivity contribution in [2.75, 3.05) is 5.32 Å². The maximum atomic E-state index is 11.7. The van der Waals surface area contributed by atoms with Crippen LogP contribution < -0.4 is 15.8 Å². The summed E-state index contributed by atoms with van der Waals surface area (Å²) < 4.78 is 22.0. The molecule has 4 N–H and O–H groups in total. The van der Waals surface area contributed by atoms with Crippen molar-refractivity contribution < 1.29 is 13.2 Å². The molecule has 0 saturated heterocycles. The van der Waals surface area contributed by atoms with Crippen molar-refractivity contribution in [3.8, 4) is 0 Å². The number of nitrogens with one attached hydrogen (secondary N) is 2. The fourth-order valence-electron chi connectivity index (χ4n) is 1.78. The molecule has 0 saturated carbocycles. The highest BCUT2D eigenvalue weighted by Gasteiger charge is 2.05. The smallest absolute Gasteiger partial charge is 0.319 e. The van der Waals surface area contributed by atoms with Crippen LogP contribution in [0.15, 0.2) is 48.8 Å². The van der Waals surface area contributed by atoms with E-state index in [0.717, 1.165) is 5.56 Å². The van der Waals surface area contributed by atoms with Crippen molar-refractivity contribution in [2.45, 2.75) is 12.3 Å². The Balaban J connectivity index is 1.85. The van der Waals surface area contributed by atoms with E-state index in [9.17, 15) is 13.2 Å². The first-order valence-electron chi connectivity index (χ1n) is 6.45. The van der Waals surface area contributed by atoms with Crippen molar-refractivity contribution in [3.05, 3.63) is 59.9 Å². The van der Waals surface area contributed by atoms with Crippen molar-refractivity contribution in [3.63, 3.8) is 0 Å². The molecular weight excluding hydrogens is 304 g/mol. The topological polar surface area (TPSA) is 114 Å². The van der Waals surface area contributed by atoms with Gasteiger partial charge in [0.15, 0.2) is 0 Å². The monoisotopic (exact) mass is 320 g/mol. The van der Waals surface area contributed by atoms with E-state index in [1.165, 1.54) is 0 Å². The van der Waals surface area contributed by atoms with Gasteiger partial charge in [-0.05, 0) is 23.3 Å². The van der Waals surface area contributed by atoms with Crippen LogP contribution in [0.4, 0.5) is 10.5 Å². The van der Waals surface area contributed by atoms with E-state index < -0.39 is 10.0 Å². The number of urea groups is 1. The Morgan fingerprint density at radius 1 is 1.05 bits per heavy atom. The number of nitrogens with zero attached hydrogens (tertiary/aromatic N) is 1. The van der Waals surface area contributed by atoms with Gasteiger partial charge in [0, 0.05) is 24.6 Å². The molecule has 2 amide bonds. The second-order valence-electron chi connectivity index (χ2n) is 4.67. The molecule has 0 atom stereocenters. The van der Waals surface area contributed by atoms with Crippen LogP contribution in [0, 0.1) is 0 Å². The van der Waals surface area contributed by atoms with Gasteiger partial charge in [0.05, 0.1) is 5.75 Å². The molecular formula is C14H16N4O3S. The van der Waals surface area contributed by atoms with E-state index >= 15 is 0 Å². The predicted octanol–water partition coefficient (Wildman–Crippen LogP) is 1.19. The lowest BCUT2D eigenvalue weighted by molar-refractivity contribution is 0.251. The summed E-state index contributed by atoms with van der Waals surface area (Å²) in [5.41, 5.74) is 2.10. The number of anilines is 1. The van der Waals surface area contributed by atoms with Crippen molar-refractivity contribution >= 4 is 21.7 Å². The Bertz CT molecular complexity index is 730. The molecule has 2 rings (SSSR count). The first kappa shape index (κ1) is 15.9. The fourth-order valence-corrected chi connectivity index (χ4v) is 2.44. The van der Waals surface area contributed by atoms with Gasteiger partial charge in [-0.25, -0.2) is 18.4 Å². The van der Waals surface area contributed by atoms with Crippen LogP contribution in [0.5, 0.6) is 0 Å². The van der Waals surface area contributed by atoms with Gasteiger partial charge in [-0.1, -0.05) is 24.3 Å². The van der Waals surface area contributed by atoms with Crippen LogP contribution in [0.2, 0.25) is 0 Å². The minimum absolute atomic E-state index is 0.205. The number of benzene rings is 1. The van der Waals surface area contributed by atoms with Crippen LogP contribution >= 0.6 is 0 Å². The molecule has 0 aliphatic rings. The van der Waals surface area contributed by atoms with Gasteiger partial charge in [0.2, 0.25) is 10.0 Å². The molecule has 0 aliphatic carbocycles. The molecule has 0 unspecified atom stereocenters. The van der Waals surface area contributed by atoms with Crippen LogP contribution in [0.3, 0.4) is 0 Å². The highest BCUT2D eigenvalue weighted by molar-refractivity contribution is 7.88. The SMILES string of the molecule is NS(=O)(=O)Cc1ccc(CNC(=O)Nc2ccncc2)cc1. The van der Waals surface area contributed by atoms with Gasteiger partial charge in [-0.2, -0.15) is 0 Å². The second-order valence-corrected chi connectivity index (χ2v) is 6.28. The summed E-state index contributed by atoms with van der Waals surface area (Å²) in [4.78, 5) is 15.6. The molecule has 22 heavy (non-hydrogen) atoms. The summed E-state index contributed by atoms with van der Waals surface area (Å²) in [6.07, 6.45) is 3.17. The summed E-state index contributed by atoms with van der Waals surface area (Å²) in [7, 11) is -3.54. The number of aromatic nitrogens is 1. The number of carbonyl (C=O) groups excluding carboxylic acids is 1. The Morgan fingerprint density at radius 2 is 1.64 bits per heavy atom. The summed E-state index contributed by atoms with van der Waals surface area (Å²) >= 11 is 0. The van der Waals surface area contributed by atoms with Gasteiger partial charge >= 0.3 is 6.03 Å². The number of rotatable bonds is 5. The second kappa shape index (κ2) is 7.01. The largest absolute Gasteiger partial charge is 0.334 e. The Hall–Kier alpha value is -2.45. The zero-order valence-corrected chi connectivity index (χ0v) is 12.5. The van der Waals surface area contributed by atoms with Gasteiger partial charge in [-0.15, -0.1) is 0 Å². The molecule has 116 valence electrons. The number of pyridine rings is 1. The zero-order chi connectivity index (χ0) is 16.0. The van der Waals surface area contributed by atoms with E-state index in [0.29, 0.717) is 17.8 Å². The lowest BCUT2D eigenvalue weighted by atomic mass is 10.1. The minimum atomic E-state index is -3.54. The molecule has 8 heteroatoms.